The number of nitrogens with zero attached hydrogens (tertiary/aromatic N) is 3. The fraction of sp³-hybridized carbons (Fsp3) is 0.353. The molecule has 2 rings (SSSR count). The van der Waals surface area contributed by atoms with E-state index in [4.69, 9.17) is 4.42 Å². The number of guanidine groups is 1. The van der Waals surface area contributed by atoms with E-state index < -0.39 is 0 Å². The number of rotatable bonds is 6. The van der Waals surface area contributed by atoms with Crippen LogP contribution >= 0.6 is 0 Å². The van der Waals surface area contributed by atoms with Gasteiger partial charge < -0.3 is 20.0 Å². The molecule has 7 nitrogen and oxygen atoms in total. The van der Waals surface area contributed by atoms with Crippen LogP contribution in [-0.2, 0) is 11.3 Å². The van der Waals surface area contributed by atoms with Crippen molar-refractivity contribution in [3.63, 3.8) is 0 Å². The van der Waals surface area contributed by atoms with E-state index in [-0.39, 0.29) is 5.91 Å². The molecule has 2 N–H and O–H groups in total. The number of carbonyl (C=O) groups is 1. The van der Waals surface area contributed by atoms with Gasteiger partial charge in [0.15, 0.2) is 5.96 Å². The van der Waals surface area contributed by atoms with Crippen LogP contribution in [0.4, 0.5) is 0 Å². The van der Waals surface area contributed by atoms with Gasteiger partial charge in [0.2, 0.25) is 11.8 Å². The zero-order chi connectivity index (χ0) is 17.4. The Hall–Kier alpha value is -2.83. The van der Waals surface area contributed by atoms with Crippen LogP contribution in [0.1, 0.15) is 12.1 Å². The minimum atomic E-state index is 0.0713. The quantitative estimate of drug-likeness (QED) is 0.620. The lowest BCUT2D eigenvalue weighted by atomic mass is 10.2. The Labute approximate surface area is 141 Å². The van der Waals surface area contributed by atoms with Crippen LogP contribution in [0, 0.1) is 0 Å². The second-order valence-electron chi connectivity index (χ2n) is 5.40. The summed E-state index contributed by atoms with van der Waals surface area (Å²) in [6.07, 6.45) is 2.04. The lowest BCUT2D eigenvalue weighted by Crippen LogP contribution is -2.38. The number of nitrogens with one attached hydrogen (secondary N) is 2. The molecule has 0 aliphatic rings. The standard InChI is InChI=1S/C17H23N5O2/c1-18-17(19-10-9-15(23)22(2)3)20-11-14-12-24-16(21-14)13-7-5-4-6-8-13/h4-8,12H,9-11H2,1-3H3,(H2,18,19,20). The Morgan fingerprint density at radius 1 is 1.25 bits per heavy atom. The summed E-state index contributed by atoms with van der Waals surface area (Å²) in [7, 11) is 5.16. The Balaban J connectivity index is 1.81. The molecule has 0 atom stereocenters. The molecule has 0 unspecified atom stereocenters. The van der Waals surface area contributed by atoms with Gasteiger partial charge in [-0.2, -0.15) is 0 Å². The summed E-state index contributed by atoms with van der Waals surface area (Å²) in [6, 6.07) is 9.73. The molecule has 0 spiro atoms. The average Bonchev–Trinajstić information content (AvgIpc) is 3.07. The van der Waals surface area contributed by atoms with Gasteiger partial charge in [-0.15, -0.1) is 0 Å². The number of aliphatic imine (C=N–C) groups is 1. The van der Waals surface area contributed by atoms with Crippen molar-refractivity contribution in [3.05, 3.63) is 42.3 Å². The number of aromatic nitrogens is 1. The molecule has 0 saturated heterocycles. The summed E-state index contributed by atoms with van der Waals surface area (Å²) in [4.78, 5) is 21.7. The van der Waals surface area contributed by atoms with Crippen LogP contribution < -0.4 is 10.6 Å². The van der Waals surface area contributed by atoms with Gasteiger partial charge in [-0.3, -0.25) is 9.79 Å². The Bertz CT molecular complexity index is 679. The number of hydrogen-bond donors (Lipinski definition) is 2. The maximum absolute atomic E-state index is 11.5. The van der Waals surface area contributed by atoms with Crippen molar-refractivity contribution in [3.8, 4) is 11.5 Å². The second kappa shape index (κ2) is 8.71. The minimum Gasteiger partial charge on any atom is -0.444 e. The molecule has 1 aromatic carbocycles. The van der Waals surface area contributed by atoms with Gasteiger partial charge in [-0.1, -0.05) is 18.2 Å². The van der Waals surface area contributed by atoms with Crippen molar-refractivity contribution in [2.45, 2.75) is 13.0 Å². The minimum absolute atomic E-state index is 0.0713. The van der Waals surface area contributed by atoms with Crippen LogP contribution in [0.2, 0.25) is 0 Å². The van der Waals surface area contributed by atoms with E-state index in [9.17, 15) is 4.79 Å². The molecule has 128 valence electrons. The monoisotopic (exact) mass is 329 g/mol. The first kappa shape index (κ1) is 17.5. The molecule has 0 aliphatic carbocycles. The van der Waals surface area contributed by atoms with Gasteiger partial charge >= 0.3 is 0 Å². The number of carbonyl (C=O) groups excluding carboxylic acids is 1. The van der Waals surface area contributed by atoms with Crippen LogP contribution in [-0.4, -0.2) is 49.4 Å². The second-order valence-corrected chi connectivity index (χ2v) is 5.40. The Morgan fingerprint density at radius 3 is 2.67 bits per heavy atom. The fourth-order valence-electron chi connectivity index (χ4n) is 2.01. The predicted octanol–water partition coefficient (Wildman–Crippen LogP) is 1.48. The number of benzene rings is 1. The first-order chi connectivity index (χ1) is 11.6. The summed E-state index contributed by atoms with van der Waals surface area (Å²) in [5.41, 5.74) is 1.72. The zero-order valence-electron chi connectivity index (χ0n) is 14.2. The molecular weight excluding hydrogens is 306 g/mol. The normalized spacial score (nSPS) is 11.2. The van der Waals surface area contributed by atoms with Gasteiger partial charge in [0.05, 0.1) is 12.2 Å². The van der Waals surface area contributed by atoms with E-state index in [1.165, 1.54) is 0 Å². The molecule has 1 aromatic heterocycles. The van der Waals surface area contributed by atoms with Crippen molar-refractivity contribution < 1.29 is 9.21 Å². The van der Waals surface area contributed by atoms with Crippen molar-refractivity contribution >= 4 is 11.9 Å². The Morgan fingerprint density at radius 2 is 2.00 bits per heavy atom. The number of amides is 1. The first-order valence-electron chi connectivity index (χ1n) is 7.74. The zero-order valence-corrected chi connectivity index (χ0v) is 14.2. The molecule has 24 heavy (non-hydrogen) atoms. The molecule has 1 heterocycles. The van der Waals surface area contributed by atoms with Crippen LogP contribution in [0.15, 0.2) is 46.0 Å². The van der Waals surface area contributed by atoms with Gasteiger partial charge in [0.1, 0.15) is 6.26 Å². The van der Waals surface area contributed by atoms with E-state index in [0.717, 1.165) is 11.3 Å². The van der Waals surface area contributed by atoms with Crippen molar-refractivity contribution in [1.82, 2.24) is 20.5 Å². The van der Waals surface area contributed by atoms with E-state index >= 15 is 0 Å². The lowest BCUT2D eigenvalue weighted by molar-refractivity contribution is -0.128. The summed E-state index contributed by atoms with van der Waals surface area (Å²) in [5.74, 6) is 1.28. The molecule has 0 radical (unpaired) electrons. The molecule has 2 aromatic rings. The third kappa shape index (κ3) is 5.12. The number of oxazole rings is 1. The fourth-order valence-corrected chi connectivity index (χ4v) is 2.01. The highest BCUT2D eigenvalue weighted by Gasteiger charge is 2.08. The highest BCUT2D eigenvalue weighted by atomic mass is 16.3. The summed E-state index contributed by atoms with van der Waals surface area (Å²) in [6.45, 7) is 1.00. The van der Waals surface area contributed by atoms with E-state index in [0.29, 0.717) is 31.4 Å². The predicted molar refractivity (Wildman–Crippen MR) is 93.5 cm³/mol. The number of hydrogen-bond acceptors (Lipinski definition) is 4. The lowest BCUT2D eigenvalue weighted by Gasteiger charge is -2.13. The summed E-state index contributed by atoms with van der Waals surface area (Å²) < 4.78 is 5.49. The van der Waals surface area contributed by atoms with Crippen molar-refractivity contribution in [2.75, 3.05) is 27.7 Å². The van der Waals surface area contributed by atoms with Crippen LogP contribution in [0.3, 0.4) is 0 Å². The van der Waals surface area contributed by atoms with Gasteiger partial charge in [-0.05, 0) is 12.1 Å². The van der Waals surface area contributed by atoms with Crippen LogP contribution in [0.5, 0.6) is 0 Å². The SMILES string of the molecule is CN=C(NCCC(=O)N(C)C)NCc1coc(-c2ccccc2)n1. The Kier molecular flexibility index (Phi) is 6.36. The van der Waals surface area contributed by atoms with Gasteiger partial charge in [-0.25, -0.2) is 4.98 Å². The molecule has 7 heteroatoms. The third-order valence-corrected chi connectivity index (χ3v) is 3.36. The average molecular weight is 329 g/mol. The highest BCUT2D eigenvalue weighted by molar-refractivity contribution is 5.81. The van der Waals surface area contributed by atoms with Gasteiger partial charge in [0, 0.05) is 39.7 Å². The van der Waals surface area contributed by atoms with Crippen molar-refractivity contribution in [1.29, 1.82) is 0 Å². The van der Waals surface area contributed by atoms with Gasteiger partial charge in [0.25, 0.3) is 0 Å². The van der Waals surface area contributed by atoms with Crippen LogP contribution in [0.25, 0.3) is 11.5 Å². The molecule has 0 saturated carbocycles. The first-order valence-corrected chi connectivity index (χ1v) is 7.74. The summed E-state index contributed by atoms with van der Waals surface area (Å²) in [5, 5.41) is 6.24. The topological polar surface area (TPSA) is 82.8 Å². The molecule has 0 fully saturated rings. The van der Waals surface area contributed by atoms with E-state index in [1.807, 2.05) is 30.3 Å². The largest absolute Gasteiger partial charge is 0.444 e. The molecule has 0 aliphatic heterocycles. The van der Waals surface area contributed by atoms with E-state index in [2.05, 4.69) is 20.6 Å². The molecular formula is C17H23N5O2. The highest BCUT2D eigenvalue weighted by Crippen LogP contribution is 2.17. The maximum atomic E-state index is 11.5. The molecule has 1 amide bonds. The molecule has 0 bridgehead atoms. The maximum Gasteiger partial charge on any atom is 0.226 e. The third-order valence-electron chi connectivity index (χ3n) is 3.36. The van der Waals surface area contributed by atoms with Crippen molar-refractivity contribution in [2.24, 2.45) is 4.99 Å². The smallest absolute Gasteiger partial charge is 0.226 e. The summed E-state index contributed by atoms with van der Waals surface area (Å²) >= 11 is 0. The van der Waals surface area contributed by atoms with E-state index in [1.54, 1.807) is 32.3 Å².